The fourth-order valence-corrected chi connectivity index (χ4v) is 3.15. The fraction of sp³-hybridized carbons (Fsp3) is 0.526. The van der Waals surface area contributed by atoms with Crippen LogP contribution in [0.2, 0.25) is 0 Å². The highest BCUT2D eigenvalue weighted by Crippen LogP contribution is 2.21. The Morgan fingerprint density at radius 2 is 2.00 bits per heavy atom. The molecule has 136 valence electrons. The molecule has 2 rings (SSSR count). The van der Waals surface area contributed by atoms with Crippen LogP contribution in [-0.4, -0.2) is 54.3 Å². The summed E-state index contributed by atoms with van der Waals surface area (Å²) in [6.45, 7) is 4.88. The van der Waals surface area contributed by atoms with Crippen LogP contribution in [0, 0.1) is 12.8 Å². The average molecular weight is 346 g/mol. The van der Waals surface area contributed by atoms with E-state index in [-0.39, 0.29) is 24.3 Å². The Balaban J connectivity index is 2.16. The van der Waals surface area contributed by atoms with Gasteiger partial charge < -0.3 is 14.5 Å². The third-order valence-electron chi connectivity index (χ3n) is 4.70. The standard InChI is InChI=1S/C19H26N2O4/c1-14-7-4-5-8-16(14)11-21(13-18(23)25-3)19(24)17-9-6-10-20(12-17)15(2)22/h4-5,7-8,17H,6,9-13H2,1-3H3. The number of ether oxygens (including phenoxy) is 1. The van der Waals surface area contributed by atoms with E-state index < -0.39 is 5.97 Å². The molecular weight excluding hydrogens is 320 g/mol. The van der Waals surface area contributed by atoms with Crippen molar-refractivity contribution in [1.82, 2.24) is 9.80 Å². The highest BCUT2D eigenvalue weighted by molar-refractivity contribution is 5.84. The number of amides is 2. The lowest BCUT2D eigenvalue weighted by Gasteiger charge is -2.34. The summed E-state index contributed by atoms with van der Waals surface area (Å²) in [5.74, 6) is -0.831. The van der Waals surface area contributed by atoms with E-state index in [1.807, 2.05) is 31.2 Å². The summed E-state index contributed by atoms with van der Waals surface area (Å²) in [4.78, 5) is 39.7. The molecule has 0 bridgehead atoms. The Labute approximate surface area is 148 Å². The molecule has 0 N–H and O–H groups in total. The number of rotatable bonds is 5. The molecule has 6 nitrogen and oxygen atoms in total. The molecule has 1 aliphatic rings. The minimum Gasteiger partial charge on any atom is -0.468 e. The Bertz CT molecular complexity index is 644. The molecule has 6 heteroatoms. The second-order valence-corrected chi connectivity index (χ2v) is 6.50. The van der Waals surface area contributed by atoms with Crippen LogP contribution in [0.4, 0.5) is 0 Å². The summed E-state index contributed by atoms with van der Waals surface area (Å²) in [5, 5.41) is 0. The van der Waals surface area contributed by atoms with Crippen molar-refractivity contribution in [2.24, 2.45) is 5.92 Å². The summed E-state index contributed by atoms with van der Waals surface area (Å²) in [6, 6.07) is 7.79. The van der Waals surface area contributed by atoms with Crippen molar-refractivity contribution in [3.63, 3.8) is 0 Å². The van der Waals surface area contributed by atoms with E-state index in [9.17, 15) is 14.4 Å². The molecule has 0 aliphatic carbocycles. The number of carbonyl (C=O) groups excluding carboxylic acids is 3. The summed E-state index contributed by atoms with van der Waals surface area (Å²) < 4.78 is 4.75. The molecule has 1 saturated heterocycles. The van der Waals surface area contributed by atoms with E-state index in [1.54, 1.807) is 9.80 Å². The first-order valence-corrected chi connectivity index (χ1v) is 8.58. The maximum atomic E-state index is 13.0. The van der Waals surface area contributed by atoms with E-state index in [1.165, 1.54) is 14.0 Å². The maximum Gasteiger partial charge on any atom is 0.325 e. The van der Waals surface area contributed by atoms with Gasteiger partial charge in [-0.05, 0) is 30.9 Å². The van der Waals surface area contributed by atoms with E-state index in [0.29, 0.717) is 19.6 Å². The maximum absolute atomic E-state index is 13.0. The number of likely N-dealkylation sites (tertiary alicyclic amines) is 1. The number of piperidine rings is 1. The number of hydrogen-bond donors (Lipinski definition) is 0. The average Bonchev–Trinajstić information content (AvgIpc) is 2.62. The third kappa shape index (κ3) is 5.05. The van der Waals surface area contributed by atoms with Crippen LogP contribution in [0.25, 0.3) is 0 Å². The topological polar surface area (TPSA) is 66.9 Å². The number of aryl methyl sites for hydroxylation is 1. The molecule has 1 aliphatic heterocycles. The van der Waals surface area contributed by atoms with Gasteiger partial charge in [-0.3, -0.25) is 14.4 Å². The van der Waals surface area contributed by atoms with Gasteiger partial charge in [0.25, 0.3) is 0 Å². The lowest BCUT2D eigenvalue weighted by molar-refractivity contribution is -0.150. The predicted molar refractivity (Wildman–Crippen MR) is 93.6 cm³/mol. The van der Waals surface area contributed by atoms with Gasteiger partial charge in [0.15, 0.2) is 0 Å². The van der Waals surface area contributed by atoms with Crippen LogP contribution in [0.3, 0.4) is 0 Å². The SMILES string of the molecule is COC(=O)CN(Cc1ccccc1C)C(=O)C1CCCN(C(C)=O)C1. The van der Waals surface area contributed by atoms with Gasteiger partial charge in [0.1, 0.15) is 6.54 Å². The normalized spacial score (nSPS) is 17.1. The quantitative estimate of drug-likeness (QED) is 0.762. The Morgan fingerprint density at radius 3 is 2.64 bits per heavy atom. The van der Waals surface area contributed by atoms with Crippen LogP contribution in [0.5, 0.6) is 0 Å². The van der Waals surface area contributed by atoms with Gasteiger partial charge in [-0.25, -0.2) is 0 Å². The molecule has 0 radical (unpaired) electrons. The molecule has 1 aromatic carbocycles. The molecule has 1 fully saturated rings. The highest BCUT2D eigenvalue weighted by atomic mass is 16.5. The minimum atomic E-state index is -0.443. The summed E-state index contributed by atoms with van der Waals surface area (Å²) in [5.41, 5.74) is 2.07. The van der Waals surface area contributed by atoms with Gasteiger partial charge in [0.05, 0.1) is 13.0 Å². The third-order valence-corrected chi connectivity index (χ3v) is 4.70. The lowest BCUT2D eigenvalue weighted by atomic mass is 9.96. The van der Waals surface area contributed by atoms with Crippen molar-refractivity contribution in [3.05, 3.63) is 35.4 Å². The Hall–Kier alpha value is -2.37. The first-order valence-electron chi connectivity index (χ1n) is 8.58. The monoisotopic (exact) mass is 346 g/mol. The molecule has 1 atom stereocenters. The van der Waals surface area contributed by atoms with Crippen molar-refractivity contribution in [1.29, 1.82) is 0 Å². The smallest absolute Gasteiger partial charge is 0.325 e. The van der Waals surface area contributed by atoms with Crippen LogP contribution >= 0.6 is 0 Å². The van der Waals surface area contributed by atoms with Crippen molar-refractivity contribution in [2.45, 2.75) is 33.2 Å². The molecule has 0 spiro atoms. The number of carbonyl (C=O) groups is 3. The van der Waals surface area contributed by atoms with E-state index >= 15 is 0 Å². The minimum absolute atomic E-state index is 0.0177. The van der Waals surface area contributed by atoms with Crippen molar-refractivity contribution in [3.8, 4) is 0 Å². The van der Waals surface area contributed by atoms with E-state index in [2.05, 4.69) is 0 Å². The molecule has 1 heterocycles. The number of hydrogen-bond acceptors (Lipinski definition) is 4. The second kappa shape index (κ2) is 8.65. The van der Waals surface area contributed by atoms with Crippen LogP contribution in [0.1, 0.15) is 30.9 Å². The lowest BCUT2D eigenvalue weighted by Crippen LogP contribution is -2.47. The molecule has 1 unspecified atom stereocenters. The van der Waals surface area contributed by atoms with Crippen molar-refractivity contribution in [2.75, 3.05) is 26.7 Å². The first-order chi connectivity index (χ1) is 11.9. The largest absolute Gasteiger partial charge is 0.468 e. The van der Waals surface area contributed by atoms with Gasteiger partial charge in [-0.2, -0.15) is 0 Å². The highest BCUT2D eigenvalue weighted by Gasteiger charge is 2.31. The number of benzene rings is 1. The molecule has 25 heavy (non-hydrogen) atoms. The summed E-state index contributed by atoms with van der Waals surface area (Å²) in [6.07, 6.45) is 1.53. The number of esters is 1. The number of nitrogens with zero attached hydrogens (tertiary/aromatic N) is 2. The van der Waals surface area contributed by atoms with Crippen molar-refractivity contribution >= 4 is 17.8 Å². The van der Waals surface area contributed by atoms with Gasteiger partial charge in [0, 0.05) is 26.6 Å². The van der Waals surface area contributed by atoms with Gasteiger partial charge in [0.2, 0.25) is 11.8 Å². The second-order valence-electron chi connectivity index (χ2n) is 6.50. The zero-order chi connectivity index (χ0) is 18.4. The molecular formula is C19H26N2O4. The molecule has 1 aromatic rings. The molecule has 0 saturated carbocycles. The van der Waals surface area contributed by atoms with Crippen LogP contribution in [0.15, 0.2) is 24.3 Å². The fourth-order valence-electron chi connectivity index (χ4n) is 3.15. The van der Waals surface area contributed by atoms with Gasteiger partial charge in [-0.15, -0.1) is 0 Å². The zero-order valence-electron chi connectivity index (χ0n) is 15.2. The van der Waals surface area contributed by atoms with Gasteiger partial charge in [-0.1, -0.05) is 24.3 Å². The Kier molecular flexibility index (Phi) is 6.56. The van der Waals surface area contributed by atoms with E-state index in [0.717, 1.165) is 24.0 Å². The van der Waals surface area contributed by atoms with E-state index in [4.69, 9.17) is 4.74 Å². The van der Waals surface area contributed by atoms with Gasteiger partial charge >= 0.3 is 5.97 Å². The van der Waals surface area contributed by atoms with Crippen LogP contribution in [-0.2, 0) is 25.7 Å². The number of methoxy groups -OCH3 is 1. The summed E-state index contributed by atoms with van der Waals surface area (Å²) >= 11 is 0. The summed E-state index contributed by atoms with van der Waals surface area (Å²) in [7, 11) is 1.32. The molecule has 2 amide bonds. The first kappa shape index (κ1) is 19.0. The van der Waals surface area contributed by atoms with Crippen molar-refractivity contribution < 1.29 is 19.1 Å². The zero-order valence-corrected chi connectivity index (χ0v) is 15.2. The predicted octanol–water partition coefficient (Wildman–Crippen LogP) is 1.76. The molecule has 0 aromatic heterocycles. The van der Waals surface area contributed by atoms with Crippen LogP contribution < -0.4 is 0 Å². The Morgan fingerprint density at radius 1 is 1.28 bits per heavy atom.